The van der Waals surface area contributed by atoms with Crippen LogP contribution in [0, 0.1) is 16.0 Å². The smallest absolute Gasteiger partial charge is 0.334 e. The predicted octanol–water partition coefficient (Wildman–Crippen LogP) is 2.55. The second kappa shape index (κ2) is 6.16. The third-order valence-corrected chi connectivity index (χ3v) is 4.37. The van der Waals surface area contributed by atoms with Crippen molar-refractivity contribution in [1.82, 2.24) is 4.90 Å². The Bertz CT molecular complexity index is 674. The zero-order valence-corrected chi connectivity index (χ0v) is 13.0. The second-order valence-corrected chi connectivity index (χ2v) is 6.16. The lowest BCUT2D eigenvalue weighted by Gasteiger charge is -2.23. The van der Waals surface area contributed by atoms with Crippen LogP contribution in [0.1, 0.15) is 25.7 Å². The van der Waals surface area contributed by atoms with Gasteiger partial charge >= 0.3 is 5.97 Å². The quantitative estimate of drug-likeness (QED) is 0.364. The van der Waals surface area contributed by atoms with Crippen LogP contribution >= 0.6 is 11.6 Å². The van der Waals surface area contributed by atoms with Crippen LogP contribution in [0.25, 0.3) is 0 Å². The van der Waals surface area contributed by atoms with E-state index in [9.17, 15) is 19.7 Å². The number of benzene rings is 1. The summed E-state index contributed by atoms with van der Waals surface area (Å²) in [5, 5.41) is 10.6. The molecule has 8 heteroatoms. The average Bonchev–Trinajstić information content (AvgIpc) is 3.22. The number of hydrogen-bond acceptors (Lipinski definition) is 5. The molecule has 1 aromatic carbocycles. The van der Waals surface area contributed by atoms with Crippen molar-refractivity contribution in [1.29, 1.82) is 0 Å². The first-order valence-electron chi connectivity index (χ1n) is 7.43. The van der Waals surface area contributed by atoms with Gasteiger partial charge in [0.25, 0.3) is 5.69 Å². The molecule has 7 nitrogen and oxygen atoms in total. The number of nitro groups is 1. The first-order valence-corrected chi connectivity index (χ1v) is 7.81. The van der Waals surface area contributed by atoms with Gasteiger partial charge in [-0.1, -0.05) is 11.6 Å². The zero-order chi connectivity index (χ0) is 16.6. The average molecular weight is 339 g/mol. The molecule has 1 aliphatic carbocycles. The highest BCUT2D eigenvalue weighted by atomic mass is 35.5. The van der Waals surface area contributed by atoms with E-state index in [-0.39, 0.29) is 28.3 Å². The lowest BCUT2D eigenvalue weighted by atomic mass is 10.2. The standard InChI is InChI=1S/C15H15ClN2O5/c16-11-8-10(5-6-12(11)18(21)22)23-15(20)13-2-1-7-17(13)14(19)9-3-4-9/h5-6,8-9,13H,1-4,7H2. The van der Waals surface area contributed by atoms with E-state index < -0.39 is 16.9 Å². The second-order valence-electron chi connectivity index (χ2n) is 5.76. The Kier molecular flexibility index (Phi) is 4.21. The summed E-state index contributed by atoms with van der Waals surface area (Å²) < 4.78 is 5.25. The van der Waals surface area contributed by atoms with Gasteiger partial charge in [0.1, 0.15) is 16.8 Å². The van der Waals surface area contributed by atoms with Crippen molar-refractivity contribution in [2.75, 3.05) is 6.54 Å². The lowest BCUT2D eigenvalue weighted by Crippen LogP contribution is -2.43. The van der Waals surface area contributed by atoms with Gasteiger partial charge in [0.15, 0.2) is 0 Å². The zero-order valence-electron chi connectivity index (χ0n) is 12.2. The van der Waals surface area contributed by atoms with Crippen molar-refractivity contribution >= 4 is 29.2 Å². The largest absolute Gasteiger partial charge is 0.425 e. The number of halogens is 1. The van der Waals surface area contributed by atoms with Crippen LogP contribution in [0.2, 0.25) is 5.02 Å². The predicted molar refractivity (Wildman–Crippen MR) is 81.2 cm³/mol. The van der Waals surface area contributed by atoms with E-state index >= 15 is 0 Å². The van der Waals surface area contributed by atoms with Gasteiger partial charge in [-0.3, -0.25) is 14.9 Å². The Morgan fingerprint density at radius 1 is 1.30 bits per heavy atom. The van der Waals surface area contributed by atoms with Crippen molar-refractivity contribution in [2.24, 2.45) is 5.92 Å². The maximum absolute atomic E-state index is 12.3. The maximum Gasteiger partial charge on any atom is 0.334 e. The molecule has 1 saturated carbocycles. The van der Waals surface area contributed by atoms with E-state index in [2.05, 4.69) is 0 Å². The van der Waals surface area contributed by atoms with Crippen LogP contribution in [-0.2, 0) is 9.59 Å². The number of ether oxygens (including phenoxy) is 1. The molecule has 1 unspecified atom stereocenters. The van der Waals surface area contributed by atoms with Crippen LogP contribution in [-0.4, -0.2) is 34.3 Å². The molecule has 3 rings (SSSR count). The lowest BCUT2D eigenvalue weighted by molar-refractivity contribution is -0.384. The first kappa shape index (κ1) is 15.7. The number of nitro benzene ring substituents is 1. The van der Waals surface area contributed by atoms with E-state index in [0.717, 1.165) is 19.3 Å². The van der Waals surface area contributed by atoms with Crippen LogP contribution in [0.4, 0.5) is 5.69 Å². The van der Waals surface area contributed by atoms with Crippen LogP contribution < -0.4 is 4.74 Å². The molecule has 1 saturated heterocycles. The molecule has 1 amide bonds. The Morgan fingerprint density at radius 3 is 2.65 bits per heavy atom. The topological polar surface area (TPSA) is 89.8 Å². The Hall–Kier alpha value is -2.15. The van der Waals surface area contributed by atoms with Gasteiger partial charge in [-0.15, -0.1) is 0 Å². The number of esters is 1. The van der Waals surface area contributed by atoms with E-state index in [1.165, 1.54) is 18.2 Å². The van der Waals surface area contributed by atoms with Crippen LogP contribution in [0.3, 0.4) is 0 Å². The van der Waals surface area contributed by atoms with Crippen molar-refractivity contribution < 1.29 is 19.2 Å². The highest BCUT2D eigenvalue weighted by Crippen LogP contribution is 2.34. The number of rotatable bonds is 4. The molecular weight excluding hydrogens is 324 g/mol. The molecule has 1 atom stereocenters. The molecule has 2 aliphatic rings. The summed E-state index contributed by atoms with van der Waals surface area (Å²) in [6.07, 6.45) is 3.10. The number of hydrogen-bond donors (Lipinski definition) is 0. The number of nitrogens with zero attached hydrogens (tertiary/aromatic N) is 2. The summed E-state index contributed by atoms with van der Waals surface area (Å²) in [5.41, 5.74) is -0.252. The van der Waals surface area contributed by atoms with E-state index in [0.29, 0.717) is 13.0 Å². The minimum absolute atomic E-state index is 0.0196. The van der Waals surface area contributed by atoms with Gasteiger partial charge in [0, 0.05) is 24.6 Å². The summed E-state index contributed by atoms with van der Waals surface area (Å²) in [6, 6.07) is 3.16. The number of carbonyl (C=O) groups excluding carboxylic acids is 2. The van der Waals surface area contributed by atoms with Gasteiger partial charge in [-0.05, 0) is 31.7 Å². The number of carbonyl (C=O) groups is 2. The molecule has 0 N–H and O–H groups in total. The summed E-state index contributed by atoms with van der Waals surface area (Å²) in [6.45, 7) is 0.566. The Morgan fingerprint density at radius 2 is 2.04 bits per heavy atom. The molecular formula is C15H15ClN2O5. The molecule has 0 bridgehead atoms. The van der Waals surface area contributed by atoms with Gasteiger partial charge in [0.2, 0.25) is 5.91 Å². The van der Waals surface area contributed by atoms with Crippen molar-refractivity contribution in [3.05, 3.63) is 33.3 Å². The van der Waals surface area contributed by atoms with Gasteiger partial charge < -0.3 is 9.64 Å². The normalized spacial score (nSPS) is 20.4. The highest BCUT2D eigenvalue weighted by Gasteiger charge is 2.41. The van der Waals surface area contributed by atoms with E-state index in [1.807, 2.05) is 0 Å². The van der Waals surface area contributed by atoms with Gasteiger partial charge in [-0.25, -0.2) is 4.79 Å². The minimum atomic E-state index is -0.610. The highest BCUT2D eigenvalue weighted by molar-refractivity contribution is 6.32. The number of likely N-dealkylation sites (tertiary alicyclic amines) is 1. The van der Waals surface area contributed by atoms with Crippen molar-refractivity contribution in [3.8, 4) is 5.75 Å². The number of amides is 1. The minimum Gasteiger partial charge on any atom is -0.425 e. The van der Waals surface area contributed by atoms with Crippen molar-refractivity contribution in [3.63, 3.8) is 0 Å². The molecule has 1 aliphatic heterocycles. The van der Waals surface area contributed by atoms with Crippen LogP contribution in [0.15, 0.2) is 18.2 Å². The summed E-state index contributed by atoms with van der Waals surface area (Å²) in [7, 11) is 0. The third-order valence-electron chi connectivity index (χ3n) is 4.07. The molecule has 23 heavy (non-hydrogen) atoms. The summed E-state index contributed by atoms with van der Waals surface area (Å²) in [4.78, 5) is 36.2. The summed E-state index contributed by atoms with van der Waals surface area (Å²) in [5.74, 6) is -0.318. The third kappa shape index (κ3) is 3.29. The monoisotopic (exact) mass is 338 g/mol. The SMILES string of the molecule is O=C(Oc1ccc([N+](=O)[O-])c(Cl)c1)C1CCCN1C(=O)C1CC1. The molecule has 1 heterocycles. The molecule has 2 fully saturated rings. The van der Waals surface area contributed by atoms with Crippen LogP contribution in [0.5, 0.6) is 5.75 Å². The fourth-order valence-corrected chi connectivity index (χ4v) is 2.96. The first-order chi connectivity index (χ1) is 11.0. The molecule has 122 valence electrons. The molecule has 0 spiro atoms. The summed E-state index contributed by atoms with van der Waals surface area (Å²) >= 11 is 5.80. The maximum atomic E-state index is 12.3. The fraction of sp³-hybridized carbons (Fsp3) is 0.467. The van der Waals surface area contributed by atoms with Crippen molar-refractivity contribution in [2.45, 2.75) is 31.7 Å². The molecule has 1 aromatic rings. The fourth-order valence-electron chi connectivity index (χ4n) is 2.72. The molecule has 0 radical (unpaired) electrons. The van der Waals surface area contributed by atoms with E-state index in [1.54, 1.807) is 4.90 Å². The Labute approximate surface area is 137 Å². The van der Waals surface area contributed by atoms with Gasteiger partial charge in [0.05, 0.1) is 4.92 Å². The van der Waals surface area contributed by atoms with Gasteiger partial charge in [-0.2, -0.15) is 0 Å². The Balaban J connectivity index is 1.69. The van der Waals surface area contributed by atoms with E-state index in [4.69, 9.17) is 16.3 Å². The molecule has 0 aromatic heterocycles.